The Bertz CT molecular complexity index is 273. The summed E-state index contributed by atoms with van der Waals surface area (Å²) in [4.78, 5) is 0. The second-order valence-corrected chi connectivity index (χ2v) is 8.53. The third-order valence-electron chi connectivity index (χ3n) is 2.69. The van der Waals surface area contributed by atoms with Crippen molar-refractivity contribution in [3.63, 3.8) is 0 Å². The van der Waals surface area contributed by atoms with Gasteiger partial charge in [-0.25, -0.2) is 9.34 Å². The summed E-state index contributed by atoms with van der Waals surface area (Å²) in [6, 6.07) is 0. The number of hydrogen-bond acceptors (Lipinski definition) is 1. The predicted molar refractivity (Wildman–Crippen MR) is 76.1 cm³/mol. The van der Waals surface area contributed by atoms with Crippen molar-refractivity contribution in [2.45, 2.75) is 66.5 Å². The molecule has 0 saturated heterocycles. The van der Waals surface area contributed by atoms with Crippen LogP contribution in [0.5, 0.6) is 0 Å². The summed E-state index contributed by atoms with van der Waals surface area (Å²) in [6.07, 6.45) is 0. The maximum Gasteiger partial charge on any atom is 0.282 e. The fourth-order valence-electron chi connectivity index (χ4n) is 2.62. The second kappa shape index (κ2) is 5.40. The van der Waals surface area contributed by atoms with Crippen molar-refractivity contribution in [1.29, 1.82) is 0 Å². The van der Waals surface area contributed by atoms with Crippen molar-refractivity contribution in [1.82, 2.24) is 9.34 Å². The van der Waals surface area contributed by atoms with Gasteiger partial charge in [0.2, 0.25) is 0 Å². The van der Waals surface area contributed by atoms with Crippen LogP contribution in [0.1, 0.15) is 55.4 Å². The molecule has 5 heteroatoms. The van der Waals surface area contributed by atoms with Crippen LogP contribution in [-0.2, 0) is 4.57 Å². The maximum atomic E-state index is 13.0. The summed E-state index contributed by atoms with van der Waals surface area (Å²) >= 11 is 0. The zero-order valence-electron chi connectivity index (χ0n) is 12.7. The molecule has 0 aromatic heterocycles. The Hall–Kier alpha value is 0.110. The fourth-order valence-corrected chi connectivity index (χ4v) is 5.40. The highest BCUT2D eigenvalue weighted by Gasteiger charge is 2.45. The Labute approximate surface area is 107 Å². The first-order valence-corrected chi connectivity index (χ1v) is 8.02. The number of hydrogen-bond donors (Lipinski definition) is 1. The highest BCUT2D eigenvalue weighted by molar-refractivity contribution is 7.56. The average Bonchev–Trinajstić information content (AvgIpc) is 1.97. The molecule has 17 heavy (non-hydrogen) atoms. The highest BCUT2D eigenvalue weighted by atomic mass is 31.2. The molecule has 0 heterocycles. The summed E-state index contributed by atoms with van der Waals surface area (Å²) < 4.78 is 16.8. The molecular formula is C12H30N3OP. The zero-order valence-corrected chi connectivity index (χ0v) is 13.6. The second-order valence-electron chi connectivity index (χ2n) is 6.38. The molecule has 0 aliphatic heterocycles. The van der Waals surface area contributed by atoms with E-state index in [1.807, 2.05) is 23.2 Å². The molecule has 1 unspecified atom stereocenters. The van der Waals surface area contributed by atoms with E-state index in [0.29, 0.717) is 13.1 Å². The van der Waals surface area contributed by atoms with Crippen LogP contribution in [0, 0.1) is 0 Å². The molecule has 0 fully saturated rings. The molecule has 4 nitrogen and oxygen atoms in total. The van der Waals surface area contributed by atoms with Gasteiger partial charge in [-0.2, -0.15) is 0 Å². The van der Waals surface area contributed by atoms with Crippen molar-refractivity contribution in [2.24, 2.45) is 5.50 Å². The summed E-state index contributed by atoms with van der Waals surface area (Å²) in [5.41, 5.74) is 5.74. The minimum Gasteiger partial charge on any atom is -0.271 e. The third-order valence-corrected chi connectivity index (χ3v) is 5.84. The fraction of sp³-hybridized carbons (Fsp3) is 1.00. The van der Waals surface area contributed by atoms with Crippen molar-refractivity contribution in [2.75, 3.05) is 13.1 Å². The molecule has 0 aromatic carbocycles. The maximum absolute atomic E-state index is 13.0. The number of nitrogens with zero attached hydrogens (tertiary/aromatic N) is 2. The van der Waals surface area contributed by atoms with Crippen LogP contribution in [0.4, 0.5) is 0 Å². The lowest BCUT2D eigenvalue weighted by Crippen LogP contribution is -2.54. The van der Waals surface area contributed by atoms with Crippen molar-refractivity contribution < 1.29 is 4.57 Å². The van der Waals surface area contributed by atoms with Gasteiger partial charge in [-0.3, -0.25) is 10.1 Å². The van der Waals surface area contributed by atoms with E-state index in [-0.39, 0.29) is 11.1 Å². The SMILES string of the molecule is CCN(CC)P(N)(=O)N(C(C)(C)C)C(C)(C)C. The monoisotopic (exact) mass is 263 g/mol. The minimum atomic E-state index is -2.99. The molecule has 0 aromatic rings. The van der Waals surface area contributed by atoms with Crippen LogP contribution in [0.2, 0.25) is 0 Å². The molecule has 0 spiro atoms. The molecule has 0 bridgehead atoms. The van der Waals surface area contributed by atoms with Gasteiger partial charge in [0.25, 0.3) is 7.59 Å². The molecular weight excluding hydrogens is 233 g/mol. The number of rotatable bonds is 4. The summed E-state index contributed by atoms with van der Waals surface area (Å²) in [7, 11) is -2.99. The Morgan fingerprint density at radius 1 is 0.941 bits per heavy atom. The van der Waals surface area contributed by atoms with E-state index in [1.54, 1.807) is 0 Å². The molecule has 104 valence electrons. The van der Waals surface area contributed by atoms with E-state index in [4.69, 9.17) is 5.50 Å². The Morgan fingerprint density at radius 2 is 1.24 bits per heavy atom. The molecule has 2 N–H and O–H groups in total. The Morgan fingerprint density at radius 3 is 1.41 bits per heavy atom. The van der Waals surface area contributed by atoms with Crippen molar-refractivity contribution in [3.05, 3.63) is 0 Å². The van der Waals surface area contributed by atoms with Gasteiger partial charge < -0.3 is 0 Å². The first-order valence-electron chi connectivity index (χ1n) is 6.33. The zero-order chi connectivity index (χ0) is 14.1. The van der Waals surface area contributed by atoms with E-state index < -0.39 is 7.59 Å². The van der Waals surface area contributed by atoms with E-state index >= 15 is 0 Å². The molecule has 0 amide bonds. The van der Waals surface area contributed by atoms with Crippen LogP contribution >= 0.6 is 7.59 Å². The van der Waals surface area contributed by atoms with Crippen molar-refractivity contribution in [3.8, 4) is 0 Å². The third kappa shape index (κ3) is 4.06. The van der Waals surface area contributed by atoms with Gasteiger partial charge in [-0.1, -0.05) is 13.8 Å². The van der Waals surface area contributed by atoms with E-state index in [2.05, 4.69) is 41.5 Å². The molecule has 0 aliphatic rings. The first-order chi connectivity index (χ1) is 7.39. The minimum absolute atomic E-state index is 0.231. The van der Waals surface area contributed by atoms with Gasteiger partial charge in [0, 0.05) is 24.2 Å². The molecule has 0 rings (SSSR count). The Balaban J connectivity index is 5.56. The largest absolute Gasteiger partial charge is 0.282 e. The normalized spacial score (nSPS) is 17.6. The quantitative estimate of drug-likeness (QED) is 0.791. The molecule has 0 saturated carbocycles. The molecule has 1 atom stereocenters. The van der Waals surface area contributed by atoms with Crippen LogP contribution in [0.3, 0.4) is 0 Å². The van der Waals surface area contributed by atoms with E-state index in [9.17, 15) is 4.57 Å². The first kappa shape index (κ1) is 17.1. The van der Waals surface area contributed by atoms with Crippen molar-refractivity contribution >= 4 is 7.59 Å². The summed E-state index contributed by atoms with van der Waals surface area (Å²) in [5, 5.41) is 0. The Kier molecular flexibility index (Phi) is 5.43. The lowest BCUT2D eigenvalue weighted by Gasteiger charge is -2.50. The van der Waals surface area contributed by atoms with Crippen LogP contribution in [0.15, 0.2) is 0 Å². The lowest BCUT2D eigenvalue weighted by atomic mass is 10.0. The van der Waals surface area contributed by atoms with Gasteiger partial charge in [0.15, 0.2) is 0 Å². The topological polar surface area (TPSA) is 49.6 Å². The highest BCUT2D eigenvalue weighted by Crippen LogP contribution is 2.53. The lowest BCUT2D eigenvalue weighted by molar-refractivity contribution is 0.123. The summed E-state index contributed by atoms with van der Waals surface area (Å²) in [6.45, 7) is 17.7. The van der Waals surface area contributed by atoms with Gasteiger partial charge >= 0.3 is 0 Å². The standard InChI is InChI=1S/C12H30N3OP/c1-9-14(10-2)17(13,16)15(11(3,4)5)12(6,7)8/h9-10H2,1-8H3,(H2,13,16). The van der Waals surface area contributed by atoms with Gasteiger partial charge in [0.1, 0.15) is 0 Å². The van der Waals surface area contributed by atoms with Crippen LogP contribution < -0.4 is 5.50 Å². The summed E-state index contributed by atoms with van der Waals surface area (Å²) in [5.74, 6) is 0. The van der Waals surface area contributed by atoms with Crippen LogP contribution in [0.25, 0.3) is 0 Å². The van der Waals surface area contributed by atoms with Gasteiger partial charge in [-0.15, -0.1) is 0 Å². The average molecular weight is 263 g/mol. The van der Waals surface area contributed by atoms with E-state index in [1.165, 1.54) is 0 Å². The predicted octanol–water partition coefficient (Wildman–Crippen LogP) is 3.29. The number of nitrogens with two attached hydrogens (primary N) is 1. The smallest absolute Gasteiger partial charge is 0.271 e. The molecule has 0 radical (unpaired) electrons. The van der Waals surface area contributed by atoms with Gasteiger partial charge in [0.05, 0.1) is 0 Å². The van der Waals surface area contributed by atoms with Crippen LogP contribution in [-0.4, -0.2) is 33.5 Å². The molecule has 0 aliphatic carbocycles. The van der Waals surface area contributed by atoms with E-state index in [0.717, 1.165) is 0 Å². The van der Waals surface area contributed by atoms with Gasteiger partial charge in [-0.05, 0) is 41.5 Å².